The van der Waals surface area contributed by atoms with Crippen molar-refractivity contribution in [2.45, 2.75) is 33.1 Å². The number of rotatable bonds is 7. The van der Waals surface area contributed by atoms with Gasteiger partial charge in [-0.2, -0.15) is 0 Å². The second-order valence-electron chi connectivity index (χ2n) is 5.00. The van der Waals surface area contributed by atoms with E-state index in [1.54, 1.807) is 9.80 Å². The van der Waals surface area contributed by atoms with E-state index in [4.69, 9.17) is 11.6 Å². The predicted molar refractivity (Wildman–Crippen MR) is 72.6 cm³/mol. The maximum absolute atomic E-state index is 11.9. The van der Waals surface area contributed by atoms with Crippen LogP contribution in [0.3, 0.4) is 0 Å². The SMILES string of the molecule is CCCN1CC(=O)N(CCC(C)CCCl)CC1=O. The third kappa shape index (κ3) is 4.48. The molecule has 0 aliphatic carbocycles. The maximum atomic E-state index is 11.9. The molecule has 1 fully saturated rings. The Morgan fingerprint density at radius 1 is 1.11 bits per heavy atom. The van der Waals surface area contributed by atoms with Crippen molar-refractivity contribution >= 4 is 23.4 Å². The Bertz CT molecular complexity index is 297. The van der Waals surface area contributed by atoms with Gasteiger partial charge in [0.25, 0.3) is 0 Å². The Balaban J connectivity index is 2.40. The Hall–Kier alpha value is -0.770. The molecule has 1 rings (SSSR count). The van der Waals surface area contributed by atoms with Crippen LogP contribution in [0.15, 0.2) is 0 Å². The minimum absolute atomic E-state index is 0.0705. The van der Waals surface area contributed by atoms with Crippen LogP contribution >= 0.6 is 11.6 Å². The van der Waals surface area contributed by atoms with E-state index in [9.17, 15) is 9.59 Å². The van der Waals surface area contributed by atoms with Crippen LogP contribution in [0.5, 0.6) is 0 Å². The first-order chi connectivity index (χ1) is 8.58. The van der Waals surface area contributed by atoms with Crippen molar-refractivity contribution in [1.82, 2.24) is 9.80 Å². The van der Waals surface area contributed by atoms with Crippen LogP contribution in [0.1, 0.15) is 33.1 Å². The average Bonchev–Trinajstić information content (AvgIpc) is 2.32. The lowest BCUT2D eigenvalue weighted by atomic mass is 10.0. The monoisotopic (exact) mass is 274 g/mol. The number of hydrogen-bond acceptors (Lipinski definition) is 2. The van der Waals surface area contributed by atoms with Gasteiger partial charge in [-0.1, -0.05) is 13.8 Å². The van der Waals surface area contributed by atoms with Crippen LogP contribution in [0.25, 0.3) is 0 Å². The molecule has 1 atom stereocenters. The highest BCUT2D eigenvalue weighted by Gasteiger charge is 2.28. The predicted octanol–water partition coefficient (Wildman–Crippen LogP) is 1.72. The van der Waals surface area contributed by atoms with Crippen LogP contribution in [-0.2, 0) is 9.59 Å². The molecule has 0 aromatic heterocycles. The van der Waals surface area contributed by atoms with E-state index in [1.165, 1.54) is 0 Å². The van der Waals surface area contributed by atoms with Gasteiger partial charge in [0, 0.05) is 19.0 Å². The lowest BCUT2D eigenvalue weighted by molar-refractivity contribution is -0.150. The van der Waals surface area contributed by atoms with E-state index in [2.05, 4.69) is 6.92 Å². The van der Waals surface area contributed by atoms with Gasteiger partial charge in [-0.25, -0.2) is 0 Å². The molecule has 1 aliphatic rings. The van der Waals surface area contributed by atoms with E-state index in [-0.39, 0.29) is 24.9 Å². The molecule has 1 saturated heterocycles. The fourth-order valence-electron chi connectivity index (χ4n) is 2.09. The second-order valence-corrected chi connectivity index (χ2v) is 5.38. The molecule has 0 spiro atoms. The van der Waals surface area contributed by atoms with Gasteiger partial charge in [-0.15, -0.1) is 11.6 Å². The number of carbonyl (C=O) groups is 2. The molecule has 5 heteroatoms. The molecule has 1 unspecified atom stereocenters. The summed E-state index contributed by atoms with van der Waals surface area (Å²) in [4.78, 5) is 27.1. The molecular formula is C13H23ClN2O2. The molecule has 2 amide bonds. The summed E-state index contributed by atoms with van der Waals surface area (Å²) in [7, 11) is 0. The Labute approximate surface area is 114 Å². The molecule has 0 saturated carbocycles. The number of nitrogens with zero attached hydrogens (tertiary/aromatic N) is 2. The summed E-state index contributed by atoms with van der Waals surface area (Å²) < 4.78 is 0. The van der Waals surface area contributed by atoms with Crippen LogP contribution in [-0.4, -0.2) is 53.7 Å². The molecule has 4 nitrogen and oxygen atoms in total. The van der Waals surface area contributed by atoms with Crippen molar-refractivity contribution < 1.29 is 9.59 Å². The number of alkyl halides is 1. The van der Waals surface area contributed by atoms with E-state index >= 15 is 0 Å². The lowest BCUT2D eigenvalue weighted by Gasteiger charge is -2.34. The fraction of sp³-hybridized carbons (Fsp3) is 0.846. The highest BCUT2D eigenvalue weighted by molar-refractivity contribution is 6.17. The first-order valence-corrected chi connectivity index (χ1v) is 7.23. The van der Waals surface area contributed by atoms with Gasteiger partial charge in [0.05, 0.1) is 13.1 Å². The topological polar surface area (TPSA) is 40.6 Å². The number of carbonyl (C=O) groups excluding carboxylic acids is 2. The molecule has 1 aliphatic heterocycles. The lowest BCUT2D eigenvalue weighted by Crippen LogP contribution is -2.54. The van der Waals surface area contributed by atoms with Crippen LogP contribution in [0.2, 0.25) is 0 Å². The molecule has 0 bridgehead atoms. The van der Waals surface area contributed by atoms with Crippen LogP contribution < -0.4 is 0 Å². The minimum Gasteiger partial charge on any atom is -0.332 e. The number of piperazine rings is 1. The van der Waals surface area contributed by atoms with Gasteiger partial charge >= 0.3 is 0 Å². The zero-order valence-corrected chi connectivity index (χ0v) is 12.1. The van der Waals surface area contributed by atoms with Gasteiger partial charge in [-0.3, -0.25) is 9.59 Å². The molecular weight excluding hydrogens is 252 g/mol. The highest BCUT2D eigenvalue weighted by Crippen LogP contribution is 2.12. The van der Waals surface area contributed by atoms with Crippen molar-refractivity contribution in [2.75, 3.05) is 32.1 Å². The largest absolute Gasteiger partial charge is 0.332 e. The summed E-state index contributed by atoms with van der Waals surface area (Å²) in [6.45, 7) is 5.98. The molecule has 0 N–H and O–H groups in total. The normalized spacial score (nSPS) is 18.4. The molecule has 0 radical (unpaired) electrons. The van der Waals surface area contributed by atoms with Crippen molar-refractivity contribution in [3.63, 3.8) is 0 Å². The first kappa shape index (κ1) is 15.3. The van der Waals surface area contributed by atoms with Gasteiger partial charge in [0.2, 0.25) is 11.8 Å². The summed E-state index contributed by atoms with van der Waals surface area (Å²) in [5.74, 6) is 1.29. The standard InChI is InChI=1S/C13H23ClN2O2/c1-3-7-15-9-13(18)16(10-12(15)17)8-5-11(2)4-6-14/h11H,3-10H2,1-2H3. The molecule has 104 valence electrons. The summed E-state index contributed by atoms with van der Waals surface area (Å²) in [6, 6.07) is 0. The number of amides is 2. The summed E-state index contributed by atoms with van der Waals surface area (Å²) in [5, 5.41) is 0. The minimum atomic E-state index is 0.0705. The average molecular weight is 275 g/mol. The van der Waals surface area contributed by atoms with Crippen LogP contribution in [0, 0.1) is 5.92 Å². The summed E-state index contributed by atoms with van der Waals surface area (Å²) in [5.41, 5.74) is 0. The zero-order valence-electron chi connectivity index (χ0n) is 11.3. The smallest absolute Gasteiger partial charge is 0.242 e. The zero-order chi connectivity index (χ0) is 13.5. The summed E-state index contributed by atoms with van der Waals surface area (Å²) in [6.07, 6.45) is 2.77. The maximum Gasteiger partial charge on any atom is 0.242 e. The fourth-order valence-corrected chi connectivity index (χ4v) is 2.46. The molecule has 18 heavy (non-hydrogen) atoms. The quantitative estimate of drug-likeness (QED) is 0.664. The van der Waals surface area contributed by atoms with E-state index in [0.717, 1.165) is 19.3 Å². The van der Waals surface area contributed by atoms with Crippen molar-refractivity contribution in [3.8, 4) is 0 Å². The third-order valence-corrected chi connectivity index (χ3v) is 3.56. The first-order valence-electron chi connectivity index (χ1n) is 6.70. The second kappa shape index (κ2) is 7.62. The van der Waals surface area contributed by atoms with Gasteiger partial charge in [0.15, 0.2) is 0 Å². The van der Waals surface area contributed by atoms with Crippen molar-refractivity contribution in [2.24, 2.45) is 5.92 Å². The van der Waals surface area contributed by atoms with Crippen LogP contribution in [0.4, 0.5) is 0 Å². The molecule has 1 heterocycles. The third-order valence-electron chi connectivity index (χ3n) is 3.34. The summed E-state index contributed by atoms with van der Waals surface area (Å²) >= 11 is 5.68. The highest BCUT2D eigenvalue weighted by atomic mass is 35.5. The van der Waals surface area contributed by atoms with E-state index in [1.807, 2.05) is 6.92 Å². The molecule has 0 aromatic rings. The van der Waals surface area contributed by atoms with Crippen molar-refractivity contribution in [1.29, 1.82) is 0 Å². The van der Waals surface area contributed by atoms with Gasteiger partial charge < -0.3 is 9.80 Å². The Morgan fingerprint density at radius 3 is 2.17 bits per heavy atom. The molecule has 0 aromatic carbocycles. The Kier molecular flexibility index (Phi) is 6.47. The van der Waals surface area contributed by atoms with E-state index < -0.39 is 0 Å². The van der Waals surface area contributed by atoms with Gasteiger partial charge in [0.1, 0.15) is 0 Å². The van der Waals surface area contributed by atoms with Crippen molar-refractivity contribution in [3.05, 3.63) is 0 Å². The van der Waals surface area contributed by atoms with Gasteiger partial charge in [-0.05, 0) is 25.2 Å². The number of halogens is 1. The number of hydrogen-bond donors (Lipinski definition) is 0. The van der Waals surface area contributed by atoms with E-state index in [0.29, 0.717) is 24.9 Å². The Morgan fingerprint density at radius 2 is 1.67 bits per heavy atom.